The quantitative estimate of drug-likeness (QED) is 0.939. The van der Waals surface area contributed by atoms with Crippen molar-refractivity contribution in [2.24, 2.45) is 11.7 Å². The average molecular weight is 328 g/mol. The molecular formula is C19H21FN2O2. The third kappa shape index (κ3) is 2.99. The summed E-state index contributed by atoms with van der Waals surface area (Å²) < 4.78 is 19.3. The first-order valence-electron chi connectivity index (χ1n) is 8.02. The third-order valence-corrected chi connectivity index (χ3v) is 4.67. The second-order valence-electron chi connectivity index (χ2n) is 6.04. The van der Waals surface area contributed by atoms with E-state index in [-0.39, 0.29) is 29.1 Å². The van der Waals surface area contributed by atoms with Gasteiger partial charge < -0.3 is 15.4 Å². The maximum Gasteiger partial charge on any atom is 0.260 e. The second kappa shape index (κ2) is 7.01. The van der Waals surface area contributed by atoms with Crippen molar-refractivity contribution in [2.75, 3.05) is 26.7 Å². The summed E-state index contributed by atoms with van der Waals surface area (Å²) in [5.74, 6) is -0.326. The van der Waals surface area contributed by atoms with E-state index in [0.717, 1.165) is 5.56 Å². The summed E-state index contributed by atoms with van der Waals surface area (Å²) in [6, 6.07) is 14.4. The average Bonchev–Trinajstić information content (AvgIpc) is 3.06. The molecule has 1 aliphatic rings. The summed E-state index contributed by atoms with van der Waals surface area (Å²) in [5, 5.41) is 0. The first kappa shape index (κ1) is 16.5. The normalized spacial score (nSPS) is 20.2. The number of methoxy groups -OCH3 is 1. The molecule has 0 saturated carbocycles. The zero-order valence-electron chi connectivity index (χ0n) is 13.6. The van der Waals surface area contributed by atoms with E-state index in [9.17, 15) is 9.18 Å². The highest BCUT2D eigenvalue weighted by Crippen LogP contribution is 2.34. The zero-order chi connectivity index (χ0) is 17.1. The molecule has 4 nitrogen and oxygen atoms in total. The number of halogens is 1. The van der Waals surface area contributed by atoms with Crippen molar-refractivity contribution >= 4 is 5.91 Å². The molecule has 1 aliphatic heterocycles. The fraction of sp³-hybridized carbons (Fsp3) is 0.316. The van der Waals surface area contributed by atoms with Crippen molar-refractivity contribution in [3.63, 3.8) is 0 Å². The molecule has 1 fully saturated rings. The number of nitrogens with zero attached hydrogens (tertiary/aromatic N) is 1. The highest BCUT2D eigenvalue weighted by Gasteiger charge is 2.37. The number of hydrogen-bond acceptors (Lipinski definition) is 3. The summed E-state index contributed by atoms with van der Waals surface area (Å²) in [5.41, 5.74) is 7.06. The van der Waals surface area contributed by atoms with Gasteiger partial charge in [0, 0.05) is 19.0 Å². The first-order valence-corrected chi connectivity index (χ1v) is 8.02. The van der Waals surface area contributed by atoms with Crippen LogP contribution >= 0.6 is 0 Å². The van der Waals surface area contributed by atoms with Crippen LogP contribution in [-0.4, -0.2) is 37.6 Å². The number of carbonyl (C=O) groups is 1. The van der Waals surface area contributed by atoms with Crippen LogP contribution < -0.4 is 10.5 Å². The molecule has 0 bridgehead atoms. The Morgan fingerprint density at radius 2 is 1.96 bits per heavy atom. The lowest BCUT2D eigenvalue weighted by atomic mass is 9.89. The van der Waals surface area contributed by atoms with Crippen LogP contribution in [0, 0.1) is 11.7 Å². The molecule has 0 spiro atoms. The minimum absolute atomic E-state index is 0.00974. The lowest BCUT2D eigenvalue weighted by Crippen LogP contribution is -2.30. The molecule has 0 aromatic heterocycles. The van der Waals surface area contributed by atoms with Crippen LogP contribution in [0.2, 0.25) is 0 Å². The van der Waals surface area contributed by atoms with Gasteiger partial charge in [-0.25, -0.2) is 4.39 Å². The Balaban J connectivity index is 1.88. The number of rotatable bonds is 4. The van der Waals surface area contributed by atoms with Gasteiger partial charge in [-0.05, 0) is 30.2 Å². The Kier molecular flexibility index (Phi) is 4.81. The van der Waals surface area contributed by atoms with Crippen LogP contribution in [0.1, 0.15) is 21.8 Å². The van der Waals surface area contributed by atoms with Gasteiger partial charge in [-0.1, -0.05) is 36.4 Å². The highest BCUT2D eigenvalue weighted by molar-refractivity contribution is 5.97. The molecule has 0 radical (unpaired) electrons. The second-order valence-corrected chi connectivity index (χ2v) is 6.04. The molecule has 126 valence electrons. The van der Waals surface area contributed by atoms with Gasteiger partial charge in [-0.2, -0.15) is 0 Å². The summed E-state index contributed by atoms with van der Waals surface area (Å²) >= 11 is 0. The first-order chi connectivity index (χ1) is 11.7. The minimum atomic E-state index is -0.563. The van der Waals surface area contributed by atoms with Gasteiger partial charge in [0.05, 0.1) is 7.11 Å². The molecular weight excluding hydrogens is 307 g/mol. The number of carbonyl (C=O) groups excluding carboxylic acids is 1. The van der Waals surface area contributed by atoms with E-state index in [1.165, 1.54) is 19.2 Å². The summed E-state index contributed by atoms with van der Waals surface area (Å²) in [6.45, 7) is 1.53. The molecule has 24 heavy (non-hydrogen) atoms. The van der Waals surface area contributed by atoms with Crippen molar-refractivity contribution in [3.05, 3.63) is 65.5 Å². The monoisotopic (exact) mass is 328 g/mol. The molecule has 0 unspecified atom stereocenters. The van der Waals surface area contributed by atoms with Crippen molar-refractivity contribution in [3.8, 4) is 5.75 Å². The number of likely N-dealkylation sites (tertiary alicyclic amines) is 1. The molecule has 2 aromatic carbocycles. The molecule has 1 heterocycles. The predicted molar refractivity (Wildman–Crippen MR) is 90.6 cm³/mol. The van der Waals surface area contributed by atoms with Crippen molar-refractivity contribution in [1.29, 1.82) is 0 Å². The smallest absolute Gasteiger partial charge is 0.260 e. The van der Waals surface area contributed by atoms with Crippen LogP contribution in [0.3, 0.4) is 0 Å². The molecule has 1 amide bonds. The lowest BCUT2D eigenvalue weighted by molar-refractivity contribution is 0.0778. The lowest BCUT2D eigenvalue weighted by Gasteiger charge is -2.18. The van der Waals surface area contributed by atoms with Gasteiger partial charge in [0.2, 0.25) is 0 Å². The van der Waals surface area contributed by atoms with Crippen LogP contribution in [-0.2, 0) is 0 Å². The van der Waals surface area contributed by atoms with Gasteiger partial charge in [-0.15, -0.1) is 0 Å². The van der Waals surface area contributed by atoms with E-state index in [0.29, 0.717) is 19.6 Å². The van der Waals surface area contributed by atoms with E-state index in [1.807, 2.05) is 30.3 Å². The van der Waals surface area contributed by atoms with Crippen LogP contribution in [0.25, 0.3) is 0 Å². The third-order valence-electron chi connectivity index (χ3n) is 4.67. The Bertz CT molecular complexity index is 721. The number of nitrogens with two attached hydrogens (primary N) is 1. The molecule has 0 aliphatic carbocycles. The maximum atomic E-state index is 14.2. The summed E-state index contributed by atoms with van der Waals surface area (Å²) in [4.78, 5) is 14.5. The molecule has 2 atom stereocenters. The van der Waals surface area contributed by atoms with Gasteiger partial charge >= 0.3 is 0 Å². The van der Waals surface area contributed by atoms with Crippen molar-refractivity contribution in [2.45, 2.75) is 5.92 Å². The number of benzene rings is 2. The topological polar surface area (TPSA) is 55.6 Å². The minimum Gasteiger partial charge on any atom is -0.496 e. The van der Waals surface area contributed by atoms with Crippen LogP contribution in [0.4, 0.5) is 4.39 Å². The molecule has 1 saturated heterocycles. The van der Waals surface area contributed by atoms with E-state index < -0.39 is 5.82 Å². The number of ether oxygens (including phenoxy) is 1. The van der Waals surface area contributed by atoms with Gasteiger partial charge in [0.25, 0.3) is 5.91 Å². The molecule has 5 heteroatoms. The van der Waals surface area contributed by atoms with Crippen LogP contribution in [0.5, 0.6) is 5.75 Å². The van der Waals surface area contributed by atoms with Crippen molar-refractivity contribution < 1.29 is 13.9 Å². The van der Waals surface area contributed by atoms with Gasteiger partial charge in [-0.3, -0.25) is 4.79 Å². The zero-order valence-corrected chi connectivity index (χ0v) is 13.6. The van der Waals surface area contributed by atoms with Gasteiger partial charge in [0.15, 0.2) is 0 Å². The fourth-order valence-electron chi connectivity index (χ4n) is 3.39. The van der Waals surface area contributed by atoms with E-state index >= 15 is 0 Å². The summed E-state index contributed by atoms with van der Waals surface area (Å²) in [7, 11) is 1.44. The SMILES string of the molecule is COc1cccc(F)c1C(=O)N1C[C@@H](CN)[C@H](c2ccccc2)C1. The van der Waals surface area contributed by atoms with E-state index in [2.05, 4.69) is 0 Å². The Hall–Kier alpha value is -2.40. The van der Waals surface area contributed by atoms with E-state index in [4.69, 9.17) is 10.5 Å². The highest BCUT2D eigenvalue weighted by atomic mass is 19.1. The standard InChI is InChI=1S/C19H21FN2O2/c1-24-17-9-5-8-16(20)18(17)19(23)22-11-14(10-21)15(12-22)13-6-3-2-4-7-13/h2-9,14-15H,10-12,21H2,1H3/t14-,15+/m1/s1. The Labute approximate surface area is 141 Å². The van der Waals surface area contributed by atoms with Gasteiger partial charge in [0.1, 0.15) is 17.1 Å². The molecule has 2 N–H and O–H groups in total. The fourth-order valence-corrected chi connectivity index (χ4v) is 3.39. The Morgan fingerprint density at radius 3 is 2.62 bits per heavy atom. The molecule has 3 rings (SSSR count). The largest absolute Gasteiger partial charge is 0.496 e. The summed E-state index contributed by atoms with van der Waals surface area (Å²) in [6.07, 6.45) is 0. The Morgan fingerprint density at radius 1 is 1.21 bits per heavy atom. The number of hydrogen-bond donors (Lipinski definition) is 1. The van der Waals surface area contributed by atoms with Crippen molar-refractivity contribution in [1.82, 2.24) is 4.90 Å². The van der Waals surface area contributed by atoms with E-state index in [1.54, 1.807) is 11.0 Å². The molecule has 2 aromatic rings. The van der Waals surface area contributed by atoms with Crippen LogP contribution in [0.15, 0.2) is 48.5 Å². The predicted octanol–water partition coefficient (Wildman–Crippen LogP) is 2.65. The number of amides is 1. The maximum absolute atomic E-state index is 14.2.